The molecule has 2 N–H and O–H groups in total. The number of aromatic nitrogens is 4. The van der Waals surface area contributed by atoms with Crippen LogP contribution in [0.3, 0.4) is 0 Å². The maximum absolute atomic E-state index is 15.0. The fourth-order valence-corrected chi connectivity index (χ4v) is 4.52. The molecule has 1 aliphatic heterocycles. The molecule has 0 radical (unpaired) electrons. The first-order chi connectivity index (χ1) is 16.9. The number of halogens is 1. The Morgan fingerprint density at radius 2 is 2.11 bits per heavy atom. The summed E-state index contributed by atoms with van der Waals surface area (Å²) in [6.07, 6.45) is 6.77. The van der Waals surface area contributed by atoms with Gasteiger partial charge in [-0.2, -0.15) is 0 Å². The topological polar surface area (TPSA) is 130 Å². The molecule has 1 aliphatic rings. The van der Waals surface area contributed by atoms with Crippen LogP contribution in [0.25, 0.3) is 16.2 Å². The number of anilines is 1. The third kappa shape index (κ3) is 4.35. The van der Waals surface area contributed by atoms with Crippen molar-refractivity contribution in [3.05, 3.63) is 75.5 Å². The third-order valence-electron chi connectivity index (χ3n) is 5.76. The van der Waals surface area contributed by atoms with Gasteiger partial charge in [-0.3, -0.25) is 19.1 Å². The molecule has 4 aromatic rings. The molecule has 4 aromatic heterocycles. The SMILES string of the molecule is O=C(O)c1cn(-c2nccs2)c2nc(N3CC(C(=O)NCCc4cccnc4)C3)c(F)cc2c1=O. The molecule has 0 saturated carbocycles. The van der Waals surface area contributed by atoms with E-state index in [1.54, 1.807) is 22.7 Å². The highest BCUT2D eigenvalue weighted by Crippen LogP contribution is 2.29. The van der Waals surface area contributed by atoms with Gasteiger partial charge in [0.1, 0.15) is 5.56 Å². The molecule has 12 heteroatoms. The lowest BCUT2D eigenvalue weighted by atomic mass is 9.99. The number of nitrogens with one attached hydrogen (secondary N) is 1. The van der Waals surface area contributed by atoms with Gasteiger partial charge >= 0.3 is 5.97 Å². The van der Waals surface area contributed by atoms with Crippen molar-refractivity contribution >= 4 is 40.1 Å². The predicted molar refractivity (Wildman–Crippen MR) is 127 cm³/mol. The Kier molecular flexibility index (Phi) is 5.95. The van der Waals surface area contributed by atoms with Gasteiger partial charge in [0.2, 0.25) is 11.3 Å². The number of hydrogen-bond acceptors (Lipinski definition) is 8. The summed E-state index contributed by atoms with van der Waals surface area (Å²) in [5, 5.41) is 14.2. The second kappa shape index (κ2) is 9.22. The second-order valence-corrected chi connectivity index (χ2v) is 8.90. The summed E-state index contributed by atoms with van der Waals surface area (Å²) in [4.78, 5) is 50.9. The van der Waals surface area contributed by atoms with Gasteiger partial charge in [0.25, 0.3) is 0 Å². The van der Waals surface area contributed by atoms with Gasteiger partial charge in [-0.15, -0.1) is 11.3 Å². The molecule has 0 bridgehead atoms. The maximum atomic E-state index is 15.0. The monoisotopic (exact) mass is 494 g/mol. The van der Waals surface area contributed by atoms with Crippen molar-refractivity contribution in [1.82, 2.24) is 24.8 Å². The molecule has 0 unspecified atom stereocenters. The highest BCUT2D eigenvalue weighted by Gasteiger charge is 2.35. The molecule has 1 amide bonds. The zero-order chi connectivity index (χ0) is 24.5. The highest BCUT2D eigenvalue weighted by atomic mass is 32.1. The van der Waals surface area contributed by atoms with Gasteiger partial charge in [0, 0.05) is 49.8 Å². The quantitative estimate of drug-likeness (QED) is 0.398. The Bertz CT molecular complexity index is 1470. The third-order valence-corrected chi connectivity index (χ3v) is 6.53. The van der Waals surface area contributed by atoms with Gasteiger partial charge in [0.05, 0.1) is 11.3 Å². The Balaban J connectivity index is 1.36. The van der Waals surface area contributed by atoms with E-state index in [4.69, 9.17) is 0 Å². The van der Waals surface area contributed by atoms with Gasteiger partial charge < -0.3 is 15.3 Å². The summed E-state index contributed by atoms with van der Waals surface area (Å²) >= 11 is 1.22. The summed E-state index contributed by atoms with van der Waals surface area (Å²) in [5.41, 5.74) is -0.222. The molecule has 0 spiro atoms. The molecule has 178 valence electrons. The average molecular weight is 495 g/mol. The lowest BCUT2D eigenvalue weighted by Gasteiger charge is -2.39. The van der Waals surface area contributed by atoms with Crippen molar-refractivity contribution in [1.29, 1.82) is 0 Å². The van der Waals surface area contributed by atoms with Crippen LogP contribution in [0.2, 0.25) is 0 Å². The van der Waals surface area contributed by atoms with Crippen molar-refractivity contribution in [2.45, 2.75) is 6.42 Å². The van der Waals surface area contributed by atoms with E-state index >= 15 is 0 Å². The van der Waals surface area contributed by atoms with E-state index in [2.05, 4.69) is 20.3 Å². The van der Waals surface area contributed by atoms with E-state index in [0.29, 0.717) is 18.1 Å². The summed E-state index contributed by atoms with van der Waals surface area (Å²) in [5.74, 6) is -2.65. The first kappa shape index (κ1) is 22.6. The largest absolute Gasteiger partial charge is 0.477 e. The van der Waals surface area contributed by atoms with Crippen molar-refractivity contribution in [2.24, 2.45) is 5.92 Å². The molecule has 1 saturated heterocycles. The molecule has 0 aliphatic carbocycles. The number of rotatable bonds is 7. The zero-order valence-corrected chi connectivity index (χ0v) is 19.0. The minimum Gasteiger partial charge on any atom is -0.477 e. The van der Waals surface area contributed by atoms with E-state index in [9.17, 15) is 23.9 Å². The van der Waals surface area contributed by atoms with E-state index in [0.717, 1.165) is 17.8 Å². The van der Waals surface area contributed by atoms with Crippen LogP contribution in [0.5, 0.6) is 0 Å². The lowest BCUT2D eigenvalue weighted by molar-refractivity contribution is -0.125. The Labute approximate surface area is 201 Å². The van der Waals surface area contributed by atoms with Crippen molar-refractivity contribution in [2.75, 3.05) is 24.5 Å². The zero-order valence-electron chi connectivity index (χ0n) is 18.2. The molecule has 1 fully saturated rings. The van der Waals surface area contributed by atoms with Crippen molar-refractivity contribution < 1.29 is 19.1 Å². The fraction of sp³-hybridized carbons (Fsp3) is 0.217. The van der Waals surface area contributed by atoms with Crippen LogP contribution in [0.4, 0.5) is 10.2 Å². The van der Waals surface area contributed by atoms with Crippen LogP contribution in [0, 0.1) is 11.7 Å². The van der Waals surface area contributed by atoms with E-state index in [1.165, 1.54) is 22.1 Å². The van der Waals surface area contributed by atoms with Crippen LogP contribution < -0.4 is 15.6 Å². The van der Waals surface area contributed by atoms with Crippen molar-refractivity contribution in [3.63, 3.8) is 0 Å². The van der Waals surface area contributed by atoms with Crippen molar-refractivity contribution in [3.8, 4) is 5.13 Å². The number of amides is 1. The lowest BCUT2D eigenvalue weighted by Crippen LogP contribution is -2.54. The number of carboxylic acid groups (broad SMARTS) is 1. The smallest absolute Gasteiger partial charge is 0.341 e. The molecular weight excluding hydrogens is 475 g/mol. The molecule has 0 atom stereocenters. The number of carbonyl (C=O) groups excluding carboxylic acids is 1. The fourth-order valence-electron chi connectivity index (χ4n) is 3.91. The summed E-state index contributed by atoms with van der Waals surface area (Å²) in [7, 11) is 0. The number of fused-ring (bicyclic) bond motifs is 1. The number of thiazole rings is 1. The number of pyridine rings is 3. The van der Waals surface area contributed by atoms with E-state index in [1.807, 2.05) is 12.1 Å². The van der Waals surface area contributed by atoms with Gasteiger partial charge in [-0.1, -0.05) is 6.07 Å². The van der Waals surface area contributed by atoms with Gasteiger partial charge in [0.15, 0.2) is 22.4 Å². The number of carbonyl (C=O) groups is 2. The van der Waals surface area contributed by atoms with Crippen LogP contribution >= 0.6 is 11.3 Å². The van der Waals surface area contributed by atoms with Crippen LogP contribution in [0.1, 0.15) is 15.9 Å². The van der Waals surface area contributed by atoms with E-state index < -0.39 is 22.8 Å². The molecule has 5 rings (SSSR count). The number of aromatic carboxylic acids is 1. The average Bonchev–Trinajstić information content (AvgIpc) is 3.34. The Morgan fingerprint density at radius 3 is 2.80 bits per heavy atom. The van der Waals surface area contributed by atoms with E-state index in [-0.39, 0.29) is 41.8 Å². The number of carboxylic acids is 1. The normalized spacial score (nSPS) is 13.6. The van der Waals surface area contributed by atoms with Crippen LogP contribution in [0.15, 0.2) is 53.2 Å². The molecular formula is C23H19FN6O4S. The standard InChI is InChI=1S/C23H19FN6O4S/c24-17-8-15-18(31)16(22(33)34)12-30(23-27-6-7-35-23)19(15)28-20(17)29-10-14(11-29)21(32)26-5-3-13-2-1-4-25-9-13/h1-2,4,6-9,12,14H,3,5,10-11H2,(H,26,32)(H,33,34). The first-order valence-corrected chi connectivity index (χ1v) is 11.6. The van der Waals surface area contributed by atoms with Gasteiger partial charge in [-0.05, 0) is 24.1 Å². The van der Waals surface area contributed by atoms with Crippen LogP contribution in [-0.2, 0) is 11.2 Å². The maximum Gasteiger partial charge on any atom is 0.341 e. The second-order valence-electron chi connectivity index (χ2n) is 8.03. The summed E-state index contributed by atoms with van der Waals surface area (Å²) < 4.78 is 16.3. The molecule has 10 nitrogen and oxygen atoms in total. The Morgan fingerprint density at radius 1 is 1.29 bits per heavy atom. The molecule has 35 heavy (non-hydrogen) atoms. The predicted octanol–water partition coefficient (Wildman–Crippen LogP) is 1.87. The summed E-state index contributed by atoms with van der Waals surface area (Å²) in [6.45, 7) is 1.00. The minimum atomic E-state index is -1.42. The molecule has 5 heterocycles. The first-order valence-electron chi connectivity index (χ1n) is 10.7. The molecule has 0 aromatic carbocycles. The number of hydrogen-bond donors (Lipinski definition) is 2. The van der Waals surface area contributed by atoms with Crippen LogP contribution in [-0.4, -0.2) is 56.1 Å². The minimum absolute atomic E-state index is 0.00955. The number of nitrogens with zero attached hydrogens (tertiary/aromatic N) is 5. The highest BCUT2D eigenvalue weighted by molar-refractivity contribution is 7.12. The van der Waals surface area contributed by atoms with Gasteiger partial charge in [-0.25, -0.2) is 19.2 Å². The Hall–Kier alpha value is -4.19. The summed E-state index contributed by atoms with van der Waals surface area (Å²) in [6, 6.07) is 4.77.